The number of thiophene rings is 1. The molecular formula is C25H26N4O3S. The maximum atomic E-state index is 13.4. The van der Waals surface area contributed by atoms with Gasteiger partial charge in [-0.2, -0.15) is 0 Å². The fourth-order valence-corrected chi connectivity index (χ4v) is 5.70. The highest BCUT2D eigenvalue weighted by molar-refractivity contribution is 7.09. The fourth-order valence-electron chi connectivity index (χ4n) is 4.99. The number of nitro groups is 1. The molecular weight excluding hydrogens is 436 g/mol. The second-order valence-electron chi connectivity index (χ2n) is 8.54. The van der Waals surface area contributed by atoms with Gasteiger partial charge in [0.05, 0.1) is 16.9 Å². The zero-order chi connectivity index (χ0) is 22.8. The molecule has 0 unspecified atom stereocenters. The predicted molar refractivity (Wildman–Crippen MR) is 131 cm³/mol. The minimum atomic E-state index is -0.365. The number of carbonyl (C=O) groups is 1. The molecule has 5 rings (SSSR count). The largest absolute Gasteiger partial charge is 0.368 e. The highest BCUT2D eigenvalue weighted by Crippen LogP contribution is 2.38. The second kappa shape index (κ2) is 9.23. The lowest BCUT2D eigenvalue weighted by Crippen LogP contribution is -2.61. The summed E-state index contributed by atoms with van der Waals surface area (Å²) in [5, 5.41) is 16.5. The van der Waals surface area contributed by atoms with Gasteiger partial charge in [0.1, 0.15) is 0 Å². The Balaban J connectivity index is 1.40. The minimum Gasteiger partial charge on any atom is -0.368 e. The summed E-state index contributed by atoms with van der Waals surface area (Å²) < 4.78 is 0. The van der Waals surface area contributed by atoms with Gasteiger partial charge in [-0.1, -0.05) is 24.3 Å². The molecule has 1 amide bonds. The third-order valence-corrected chi connectivity index (χ3v) is 7.55. The smallest absolute Gasteiger partial charge is 0.269 e. The quantitative estimate of drug-likeness (QED) is 0.444. The monoisotopic (exact) mass is 462 g/mol. The van der Waals surface area contributed by atoms with Crippen LogP contribution in [0.3, 0.4) is 0 Å². The lowest BCUT2D eigenvalue weighted by molar-refractivity contribution is -0.384. The first-order valence-electron chi connectivity index (χ1n) is 11.2. The number of carbonyl (C=O) groups excluding carboxylic acids is 1. The molecule has 170 valence electrons. The Bertz CT molecular complexity index is 1140. The molecule has 2 aliphatic rings. The molecule has 1 fully saturated rings. The molecule has 0 spiro atoms. The number of hydrogen-bond donors (Lipinski definition) is 1. The van der Waals surface area contributed by atoms with E-state index < -0.39 is 0 Å². The lowest BCUT2D eigenvalue weighted by Gasteiger charge is -2.49. The first-order chi connectivity index (χ1) is 16.1. The lowest BCUT2D eigenvalue weighted by atomic mass is 9.83. The van der Waals surface area contributed by atoms with Crippen molar-refractivity contribution in [2.45, 2.75) is 18.9 Å². The molecule has 0 saturated carbocycles. The molecule has 8 heteroatoms. The van der Waals surface area contributed by atoms with Crippen LogP contribution in [0.4, 0.5) is 17.1 Å². The summed E-state index contributed by atoms with van der Waals surface area (Å²) in [6, 6.07) is 19.4. The Labute approximate surface area is 196 Å². The predicted octanol–water partition coefficient (Wildman–Crippen LogP) is 3.88. The molecule has 7 nitrogen and oxygen atoms in total. The van der Waals surface area contributed by atoms with Crippen molar-refractivity contribution in [3.63, 3.8) is 0 Å². The first-order valence-corrected chi connectivity index (χ1v) is 12.1. The van der Waals surface area contributed by atoms with Crippen LogP contribution in [0.25, 0.3) is 0 Å². The molecule has 0 radical (unpaired) electrons. The summed E-state index contributed by atoms with van der Waals surface area (Å²) in [7, 11) is 0. The molecule has 1 saturated heterocycles. The van der Waals surface area contributed by atoms with Crippen molar-refractivity contribution in [3.05, 3.63) is 86.6 Å². The number of para-hydroxylation sites is 1. The molecule has 1 aromatic heterocycles. The van der Waals surface area contributed by atoms with Crippen molar-refractivity contribution in [1.82, 2.24) is 5.32 Å². The molecule has 0 aliphatic carbocycles. The molecule has 2 aromatic carbocycles. The molecule has 0 bridgehead atoms. The van der Waals surface area contributed by atoms with Crippen molar-refractivity contribution in [3.8, 4) is 0 Å². The van der Waals surface area contributed by atoms with E-state index in [1.807, 2.05) is 35.7 Å². The minimum absolute atomic E-state index is 0.00894. The average Bonchev–Trinajstić information content (AvgIpc) is 3.36. The summed E-state index contributed by atoms with van der Waals surface area (Å²) in [6.45, 7) is 2.93. The highest BCUT2D eigenvalue weighted by Gasteiger charge is 2.42. The Morgan fingerprint density at radius 2 is 1.97 bits per heavy atom. The van der Waals surface area contributed by atoms with Crippen molar-refractivity contribution in [1.29, 1.82) is 0 Å². The number of nitro benzene ring substituents is 1. The second-order valence-corrected chi connectivity index (χ2v) is 9.58. The number of amides is 1. The van der Waals surface area contributed by atoms with Gasteiger partial charge in [0.25, 0.3) is 5.69 Å². The summed E-state index contributed by atoms with van der Waals surface area (Å²) >= 11 is 1.69. The number of nitrogens with zero attached hydrogens (tertiary/aromatic N) is 3. The van der Waals surface area contributed by atoms with Crippen molar-refractivity contribution in [2.24, 2.45) is 5.92 Å². The van der Waals surface area contributed by atoms with Crippen molar-refractivity contribution < 1.29 is 9.72 Å². The van der Waals surface area contributed by atoms with Crippen LogP contribution in [0.2, 0.25) is 0 Å². The number of benzene rings is 2. The van der Waals surface area contributed by atoms with Gasteiger partial charge in [-0.25, -0.2) is 0 Å². The van der Waals surface area contributed by atoms with Gasteiger partial charge in [-0.05, 0) is 48.1 Å². The van der Waals surface area contributed by atoms with Crippen LogP contribution in [0.1, 0.15) is 10.4 Å². The van der Waals surface area contributed by atoms with Gasteiger partial charge in [0, 0.05) is 54.6 Å². The number of anilines is 2. The Morgan fingerprint density at radius 3 is 2.73 bits per heavy atom. The Kier molecular flexibility index (Phi) is 6.00. The maximum absolute atomic E-state index is 13.4. The zero-order valence-corrected chi connectivity index (χ0v) is 19.0. The molecule has 1 N–H and O–H groups in total. The Hall–Kier alpha value is -3.39. The van der Waals surface area contributed by atoms with Crippen molar-refractivity contribution >= 4 is 34.3 Å². The zero-order valence-electron chi connectivity index (χ0n) is 18.2. The van der Waals surface area contributed by atoms with E-state index in [0.717, 1.165) is 43.0 Å². The maximum Gasteiger partial charge on any atom is 0.269 e. The number of piperazine rings is 1. The molecule has 3 aromatic rings. The number of nitrogens with one attached hydrogen (secondary N) is 1. The van der Waals surface area contributed by atoms with Gasteiger partial charge >= 0.3 is 0 Å². The fraction of sp³-hybridized carbons (Fsp3) is 0.320. The van der Waals surface area contributed by atoms with E-state index in [9.17, 15) is 14.9 Å². The summed E-state index contributed by atoms with van der Waals surface area (Å²) in [5.74, 6) is -0.247. The topological polar surface area (TPSA) is 78.7 Å². The average molecular weight is 463 g/mol. The van der Waals surface area contributed by atoms with E-state index in [1.54, 1.807) is 23.5 Å². The van der Waals surface area contributed by atoms with Crippen LogP contribution in [-0.2, 0) is 17.6 Å². The van der Waals surface area contributed by atoms with Crippen LogP contribution in [0.15, 0.2) is 66.0 Å². The van der Waals surface area contributed by atoms with Crippen LogP contribution in [-0.4, -0.2) is 43.1 Å². The van der Waals surface area contributed by atoms with Crippen LogP contribution >= 0.6 is 11.3 Å². The van der Waals surface area contributed by atoms with Crippen LogP contribution in [0.5, 0.6) is 0 Å². The summed E-state index contributed by atoms with van der Waals surface area (Å²) in [5.41, 5.74) is 3.13. The summed E-state index contributed by atoms with van der Waals surface area (Å²) in [4.78, 5) is 30.2. The number of hydrogen-bond acceptors (Lipinski definition) is 6. The van der Waals surface area contributed by atoms with E-state index in [-0.39, 0.29) is 28.5 Å². The number of rotatable bonds is 6. The van der Waals surface area contributed by atoms with E-state index in [1.165, 1.54) is 4.88 Å². The highest BCUT2D eigenvalue weighted by atomic mass is 32.1. The van der Waals surface area contributed by atoms with E-state index >= 15 is 0 Å². The van der Waals surface area contributed by atoms with Crippen LogP contribution < -0.4 is 15.1 Å². The Morgan fingerprint density at radius 1 is 1.12 bits per heavy atom. The summed E-state index contributed by atoms with van der Waals surface area (Å²) in [6.07, 6.45) is 1.31. The molecule has 2 atom stereocenters. The van der Waals surface area contributed by atoms with Crippen molar-refractivity contribution in [2.75, 3.05) is 36.0 Å². The third kappa shape index (κ3) is 4.43. The standard InChI is InChI=1S/C25H26N4O3S/c30-25(26-11-10-21-7-4-14-33-21)22-16-18-15-20(29(31)32)8-9-23(18)28-13-12-27(17-24(22)28)19-5-2-1-3-6-19/h1-9,14-15,22,24H,10-13,16-17H2,(H,26,30)/t22-,24-/m0/s1. The molecule has 2 aliphatic heterocycles. The SMILES string of the molecule is O=C(NCCc1cccs1)[C@H]1Cc2cc([N+](=O)[O-])ccc2N2CCN(c3ccccc3)C[C@@H]12. The normalized spacial score (nSPS) is 19.5. The first kappa shape index (κ1) is 21.5. The molecule has 3 heterocycles. The van der Waals surface area contributed by atoms with E-state index in [2.05, 4.69) is 33.3 Å². The van der Waals surface area contributed by atoms with E-state index in [4.69, 9.17) is 0 Å². The number of fused-ring (bicyclic) bond motifs is 3. The molecule has 33 heavy (non-hydrogen) atoms. The van der Waals surface area contributed by atoms with Gasteiger partial charge in [0.15, 0.2) is 0 Å². The van der Waals surface area contributed by atoms with Gasteiger partial charge < -0.3 is 15.1 Å². The third-order valence-electron chi connectivity index (χ3n) is 6.62. The van der Waals surface area contributed by atoms with E-state index in [0.29, 0.717) is 13.0 Å². The van der Waals surface area contributed by atoms with Crippen LogP contribution in [0, 0.1) is 16.0 Å². The number of non-ortho nitro benzene ring substituents is 1. The van der Waals surface area contributed by atoms with Gasteiger partial charge in [0.2, 0.25) is 5.91 Å². The van der Waals surface area contributed by atoms with Gasteiger partial charge in [-0.3, -0.25) is 14.9 Å². The van der Waals surface area contributed by atoms with Gasteiger partial charge in [-0.15, -0.1) is 11.3 Å².